The van der Waals surface area contributed by atoms with Crippen LogP contribution in [0.5, 0.6) is 5.75 Å². The first-order valence-electron chi connectivity index (χ1n) is 7.16. The lowest BCUT2D eigenvalue weighted by Gasteiger charge is -2.32. The van der Waals surface area contributed by atoms with E-state index in [1.54, 1.807) is 7.11 Å². The van der Waals surface area contributed by atoms with Gasteiger partial charge in [-0.3, -0.25) is 9.69 Å². The third kappa shape index (κ3) is 3.97. The van der Waals surface area contributed by atoms with Gasteiger partial charge in [0.1, 0.15) is 5.75 Å². The molecule has 1 saturated heterocycles. The van der Waals surface area contributed by atoms with Gasteiger partial charge >= 0.3 is 5.97 Å². The molecule has 1 aliphatic rings. The molecule has 20 heavy (non-hydrogen) atoms. The predicted octanol–water partition coefficient (Wildman–Crippen LogP) is 2.69. The standard InChI is InChI=1S/C16H23NO3/c1-12-5-6-15(20-2)14(8-12)11-17-7-3-4-13(10-17)9-16(18)19/h5-6,8,13H,3-4,7,9-11H2,1-2H3,(H,18,19). The number of likely N-dealkylation sites (tertiary alicyclic amines) is 1. The van der Waals surface area contributed by atoms with E-state index >= 15 is 0 Å². The molecule has 4 heteroatoms. The zero-order valence-electron chi connectivity index (χ0n) is 12.3. The van der Waals surface area contributed by atoms with Crippen LogP contribution in [-0.4, -0.2) is 36.2 Å². The molecule has 1 aromatic carbocycles. The highest BCUT2D eigenvalue weighted by atomic mass is 16.5. The summed E-state index contributed by atoms with van der Waals surface area (Å²) in [6.07, 6.45) is 2.38. The average Bonchev–Trinajstić information content (AvgIpc) is 2.38. The average molecular weight is 277 g/mol. The van der Waals surface area contributed by atoms with Crippen molar-refractivity contribution in [2.24, 2.45) is 5.92 Å². The molecule has 0 bridgehead atoms. The van der Waals surface area contributed by atoms with Crippen LogP contribution in [0.1, 0.15) is 30.4 Å². The Morgan fingerprint density at radius 1 is 1.50 bits per heavy atom. The number of carbonyl (C=O) groups is 1. The zero-order chi connectivity index (χ0) is 14.5. The molecule has 0 aliphatic carbocycles. The van der Waals surface area contributed by atoms with Gasteiger partial charge in [0, 0.05) is 25.1 Å². The number of nitrogens with zero attached hydrogens (tertiary/aromatic N) is 1. The molecule has 1 aromatic rings. The lowest BCUT2D eigenvalue weighted by Crippen LogP contribution is -2.35. The number of carboxylic acid groups (broad SMARTS) is 1. The van der Waals surface area contributed by atoms with Crippen molar-refractivity contribution in [1.82, 2.24) is 4.90 Å². The minimum Gasteiger partial charge on any atom is -0.496 e. The first-order chi connectivity index (χ1) is 9.58. The van der Waals surface area contributed by atoms with Crippen molar-refractivity contribution in [1.29, 1.82) is 0 Å². The van der Waals surface area contributed by atoms with Crippen molar-refractivity contribution in [3.05, 3.63) is 29.3 Å². The summed E-state index contributed by atoms with van der Waals surface area (Å²) in [6.45, 7) is 4.81. The second-order valence-corrected chi connectivity index (χ2v) is 5.66. The van der Waals surface area contributed by atoms with Gasteiger partial charge in [-0.1, -0.05) is 17.7 Å². The van der Waals surface area contributed by atoms with Gasteiger partial charge < -0.3 is 9.84 Å². The van der Waals surface area contributed by atoms with Crippen LogP contribution in [0, 0.1) is 12.8 Å². The lowest BCUT2D eigenvalue weighted by molar-refractivity contribution is -0.138. The van der Waals surface area contributed by atoms with Gasteiger partial charge in [0.15, 0.2) is 0 Å². The Morgan fingerprint density at radius 2 is 2.30 bits per heavy atom. The number of piperidine rings is 1. The SMILES string of the molecule is COc1ccc(C)cc1CN1CCCC(CC(=O)O)C1. The fraction of sp³-hybridized carbons (Fsp3) is 0.562. The summed E-state index contributed by atoms with van der Waals surface area (Å²) in [5.41, 5.74) is 2.41. The molecule has 0 radical (unpaired) electrons. The highest BCUT2D eigenvalue weighted by Gasteiger charge is 2.22. The molecule has 4 nitrogen and oxygen atoms in total. The molecule has 2 rings (SSSR count). The normalized spacial score (nSPS) is 19.8. The fourth-order valence-electron chi connectivity index (χ4n) is 2.98. The predicted molar refractivity (Wildman–Crippen MR) is 78.0 cm³/mol. The van der Waals surface area contributed by atoms with Crippen molar-refractivity contribution in [2.45, 2.75) is 32.7 Å². The lowest BCUT2D eigenvalue weighted by atomic mass is 9.94. The molecule has 1 aliphatic heterocycles. The van der Waals surface area contributed by atoms with Gasteiger partial charge in [0.2, 0.25) is 0 Å². The Balaban J connectivity index is 2.02. The summed E-state index contributed by atoms with van der Waals surface area (Å²) in [4.78, 5) is 13.2. The van der Waals surface area contributed by atoms with Crippen LogP contribution in [0.2, 0.25) is 0 Å². The molecule has 0 saturated carbocycles. The Bertz CT molecular complexity index is 473. The minimum absolute atomic E-state index is 0.275. The molecule has 110 valence electrons. The Morgan fingerprint density at radius 3 is 3.00 bits per heavy atom. The van der Waals surface area contributed by atoms with E-state index in [1.165, 1.54) is 11.1 Å². The van der Waals surface area contributed by atoms with E-state index in [4.69, 9.17) is 9.84 Å². The van der Waals surface area contributed by atoms with E-state index in [1.807, 2.05) is 12.1 Å². The number of hydrogen-bond acceptors (Lipinski definition) is 3. The molecule has 1 fully saturated rings. The van der Waals surface area contributed by atoms with Crippen LogP contribution in [0.4, 0.5) is 0 Å². The number of aliphatic carboxylic acids is 1. The first-order valence-corrected chi connectivity index (χ1v) is 7.16. The molecule has 0 amide bonds. The van der Waals surface area contributed by atoms with E-state index < -0.39 is 5.97 Å². The second-order valence-electron chi connectivity index (χ2n) is 5.66. The van der Waals surface area contributed by atoms with Gasteiger partial charge in [0.25, 0.3) is 0 Å². The summed E-state index contributed by atoms with van der Waals surface area (Å²) in [7, 11) is 1.69. The number of carboxylic acids is 1. The third-order valence-electron chi connectivity index (χ3n) is 3.90. The summed E-state index contributed by atoms with van der Waals surface area (Å²) in [5.74, 6) is 0.498. The summed E-state index contributed by atoms with van der Waals surface area (Å²) < 4.78 is 5.41. The molecular weight excluding hydrogens is 254 g/mol. The quantitative estimate of drug-likeness (QED) is 0.899. The van der Waals surface area contributed by atoms with E-state index in [-0.39, 0.29) is 12.3 Å². The van der Waals surface area contributed by atoms with Crippen LogP contribution < -0.4 is 4.74 Å². The van der Waals surface area contributed by atoms with Gasteiger partial charge in [-0.2, -0.15) is 0 Å². The summed E-state index contributed by atoms with van der Waals surface area (Å²) >= 11 is 0. The second kappa shape index (κ2) is 6.75. The first kappa shape index (κ1) is 14.9. The van der Waals surface area contributed by atoms with Crippen LogP contribution in [0.25, 0.3) is 0 Å². The maximum absolute atomic E-state index is 10.8. The molecular formula is C16H23NO3. The van der Waals surface area contributed by atoms with E-state index in [9.17, 15) is 4.79 Å². The van der Waals surface area contributed by atoms with Crippen molar-refractivity contribution in [2.75, 3.05) is 20.2 Å². The molecule has 1 heterocycles. The molecule has 0 spiro atoms. The highest BCUT2D eigenvalue weighted by Crippen LogP contribution is 2.25. The van der Waals surface area contributed by atoms with Gasteiger partial charge in [-0.15, -0.1) is 0 Å². The number of ether oxygens (including phenoxy) is 1. The summed E-state index contributed by atoms with van der Waals surface area (Å²) in [6, 6.07) is 6.20. The van der Waals surface area contributed by atoms with Crippen LogP contribution in [-0.2, 0) is 11.3 Å². The highest BCUT2D eigenvalue weighted by molar-refractivity contribution is 5.67. The van der Waals surface area contributed by atoms with E-state index in [2.05, 4.69) is 17.9 Å². The number of aryl methyl sites for hydroxylation is 1. The molecule has 1 atom stereocenters. The van der Waals surface area contributed by atoms with Crippen LogP contribution >= 0.6 is 0 Å². The maximum atomic E-state index is 10.8. The van der Waals surface area contributed by atoms with E-state index in [0.29, 0.717) is 0 Å². The van der Waals surface area contributed by atoms with Gasteiger partial charge in [-0.25, -0.2) is 0 Å². The van der Waals surface area contributed by atoms with Crippen LogP contribution in [0.3, 0.4) is 0 Å². The minimum atomic E-state index is -0.690. The monoisotopic (exact) mass is 277 g/mol. The molecule has 1 N–H and O–H groups in total. The molecule has 1 unspecified atom stereocenters. The van der Waals surface area contributed by atoms with Crippen molar-refractivity contribution >= 4 is 5.97 Å². The van der Waals surface area contributed by atoms with Crippen LogP contribution in [0.15, 0.2) is 18.2 Å². The number of methoxy groups -OCH3 is 1. The number of benzene rings is 1. The van der Waals surface area contributed by atoms with Gasteiger partial charge in [-0.05, 0) is 38.3 Å². The van der Waals surface area contributed by atoms with Crippen molar-refractivity contribution in [3.63, 3.8) is 0 Å². The van der Waals surface area contributed by atoms with E-state index in [0.717, 1.165) is 38.2 Å². The third-order valence-corrected chi connectivity index (χ3v) is 3.90. The topological polar surface area (TPSA) is 49.8 Å². The Hall–Kier alpha value is -1.55. The maximum Gasteiger partial charge on any atom is 0.303 e. The van der Waals surface area contributed by atoms with Crippen molar-refractivity contribution < 1.29 is 14.6 Å². The summed E-state index contributed by atoms with van der Waals surface area (Å²) in [5, 5.41) is 8.92. The zero-order valence-corrected chi connectivity index (χ0v) is 12.3. The Kier molecular flexibility index (Phi) is 5.01. The number of rotatable bonds is 5. The largest absolute Gasteiger partial charge is 0.496 e. The van der Waals surface area contributed by atoms with Crippen molar-refractivity contribution in [3.8, 4) is 5.75 Å². The smallest absolute Gasteiger partial charge is 0.303 e. The van der Waals surface area contributed by atoms with Gasteiger partial charge in [0.05, 0.1) is 7.11 Å². The number of hydrogen-bond donors (Lipinski definition) is 1. The molecule has 0 aromatic heterocycles. The fourth-order valence-corrected chi connectivity index (χ4v) is 2.98. The Labute approximate surface area is 120 Å².